The molecule has 3 rings (SSSR count). The summed E-state index contributed by atoms with van der Waals surface area (Å²) in [4.78, 5) is 24.8. The highest BCUT2D eigenvalue weighted by Crippen LogP contribution is 2.38. The average molecular weight is 428 g/mol. The Morgan fingerprint density at radius 3 is 2.32 bits per heavy atom. The Balaban J connectivity index is 1.75. The molecular formula is C25H37N3O3. The molecule has 5 N–H and O–H groups in total. The number of nitrogen functional groups attached to an aromatic ring is 1. The minimum atomic E-state index is -0.854. The van der Waals surface area contributed by atoms with Gasteiger partial charge in [-0.3, -0.25) is 15.0 Å². The topological polar surface area (TPSA) is 116 Å². The molecule has 170 valence electrons. The van der Waals surface area contributed by atoms with Gasteiger partial charge in [-0.1, -0.05) is 56.4 Å². The van der Waals surface area contributed by atoms with Crippen LogP contribution in [0.3, 0.4) is 0 Å². The predicted octanol–water partition coefficient (Wildman–Crippen LogP) is 3.76. The van der Waals surface area contributed by atoms with Crippen LogP contribution in [0, 0.1) is 29.1 Å². The van der Waals surface area contributed by atoms with Gasteiger partial charge in [-0.2, -0.15) is 0 Å². The highest BCUT2D eigenvalue weighted by Gasteiger charge is 2.38. The number of amidine groups is 1. The smallest absolute Gasteiger partial charge is 0.317 e. The fraction of sp³-hybridized carbons (Fsp3) is 0.640. The quantitative estimate of drug-likeness (QED) is 0.335. The van der Waals surface area contributed by atoms with E-state index in [1.807, 2.05) is 24.3 Å². The van der Waals surface area contributed by atoms with Gasteiger partial charge >= 0.3 is 5.97 Å². The van der Waals surface area contributed by atoms with E-state index in [0.29, 0.717) is 23.8 Å². The Labute approximate surface area is 185 Å². The molecule has 2 aliphatic rings. The average Bonchev–Trinajstić information content (AvgIpc) is 2.78. The van der Waals surface area contributed by atoms with Crippen molar-refractivity contribution in [1.82, 2.24) is 5.32 Å². The van der Waals surface area contributed by atoms with Crippen molar-refractivity contribution in [3.63, 3.8) is 0 Å². The van der Waals surface area contributed by atoms with Gasteiger partial charge in [0.15, 0.2) is 0 Å². The van der Waals surface area contributed by atoms with Gasteiger partial charge in [0.05, 0.1) is 6.54 Å². The number of carboxylic acid groups (broad SMARTS) is 1. The summed E-state index contributed by atoms with van der Waals surface area (Å²) in [5, 5.41) is 19.6. The third-order valence-corrected chi connectivity index (χ3v) is 7.26. The van der Waals surface area contributed by atoms with Crippen molar-refractivity contribution in [3.8, 4) is 0 Å². The van der Waals surface area contributed by atoms with Crippen LogP contribution >= 0.6 is 0 Å². The molecule has 6 nitrogen and oxygen atoms in total. The van der Waals surface area contributed by atoms with Crippen LogP contribution in [0.1, 0.15) is 68.9 Å². The molecule has 2 saturated carbocycles. The van der Waals surface area contributed by atoms with E-state index in [0.717, 1.165) is 50.5 Å². The van der Waals surface area contributed by atoms with E-state index in [2.05, 4.69) is 5.32 Å². The molecule has 0 radical (unpaired) electrons. The summed E-state index contributed by atoms with van der Waals surface area (Å²) in [6.45, 7) is 0.555. The second-order valence-electron chi connectivity index (χ2n) is 9.40. The second-order valence-corrected chi connectivity index (χ2v) is 9.40. The molecule has 0 aliphatic heterocycles. The summed E-state index contributed by atoms with van der Waals surface area (Å²) in [5.41, 5.74) is 7.43. The molecule has 0 heterocycles. The number of hydrogen-bond acceptors (Lipinski definition) is 4. The van der Waals surface area contributed by atoms with Gasteiger partial charge in [0.2, 0.25) is 0 Å². The van der Waals surface area contributed by atoms with E-state index in [-0.39, 0.29) is 30.1 Å². The van der Waals surface area contributed by atoms with Gasteiger partial charge in [0.1, 0.15) is 11.6 Å². The number of nitrogens with one attached hydrogen (secondary N) is 2. The zero-order chi connectivity index (χ0) is 22.2. The summed E-state index contributed by atoms with van der Waals surface area (Å²) >= 11 is 0. The highest BCUT2D eigenvalue weighted by molar-refractivity contribution is 5.94. The van der Waals surface area contributed by atoms with Crippen LogP contribution in [-0.4, -0.2) is 35.8 Å². The van der Waals surface area contributed by atoms with Crippen molar-refractivity contribution in [2.24, 2.45) is 29.4 Å². The largest absolute Gasteiger partial charge is 0.480 e. The van der Waals surface area contributed by atoms with Crippen LogP contribution in [0.4, 0.5) is 0 Å². The Kier molecular flexibility index (Phi) is 8.64. The first-order valence-electron chi connectivity index (χ1n) is 11.8. The molecule has 0 spiro atoms. The lowest BCUT2D eigenvalue weighted by Crippen LogP contribution is -2.41. The second kappa shape index (κ2) is 11.4. The van der Waals surface area contributed by atoms with Crippen LogP contribution in [-0.2, 0) is 16.0 Å². The number of carbonyl (C=O) groups excluding carboxylic acids is 1. The Morgan fingerprint density at radius 1 is 1.03 bits per heavy atom. The molecule has 0 amide bonds. The molecule has 2 aliphatic carbocycles. The van der Waals surface area contributed by atoms with E-state index in [1.54, 1.807) is 0 Å². The van der Waals surface area contributed by atoms with Crippen LogP contribution < -0.4 is 11.1 Å². The number of aliphatic carboxylic acids is 1. The normalized spacial score (nSPS) is 23.2. The zero-order valence-corrected chi connectivity index (χ0v) is 18.4. The van der Waals surface area contributed by atoms with E-state index in [1.165, 1.54) is 19.3 Å². The number of benzene rings is 1. The maximum absolute atomic E-state index is 13.9. The summed E-state index contributed by atoms with van der Waals surface area (Å²) < 4.78 is 0. The van der Waals surface area contributed by atoms with Gasteiger partial charge in [0.25, 0.3) is 0 Å². The molecule has 1 aromatic rings. The van der Waals surface area contributed by atoms with Gasteiger partial charge in [-0.05, 0) is 56.0 Å². The molecule has 1 unspecified atom stereocenters. The number of nitrogens with two attached hydrogens (primary N) is 1. The maximum Gasteiger partial charge on any atom is 0.317 e. The van der Waals surface area contributed by atoms with Crippen LogP contribution in [0.5, 0.6) is 0 Å². The van der Waals surface area contributed by atoms with Crippen LogP contribution in [0.2, 0.25) is 0 Å². The maximum atomic E-state index is 13.9. The molecular weight excluding hydrogens is 390 g/mol. The predicted molar refractivity (Wildman–Crippen MR) is 122 cm³/mol. The van der Waals surface area contributed by atoms with E-state index in [4.69, 9.17) is 16.2 Å². The summed E-state index contributed by atoms with van der Waals surface area (Å²) in [6.07, 6.45) is 10.8. The number of ketones is 1. The summed E-state index contributed by atoms with van der Waals surface area (Å²) in [7, 11) is 0. The zero-order valence-electron chi connectivity index (χ0n) is 18.4. The van der Waals surface area contributed by atoms with Crippen LogP contribution in [0.15, 0.2) is 24.3 Å². The van der Waals surface area contributed by atoms with E-state index in [9.17, 15) is 9.59 Å². The monoisotopic (exact) mass is 427 g/mol. The highest BCUT2D eigenvalue weighted by atomic mass is 16.4. The number of Topliss-reactive ketones (excluding diaryl/α,β-unsaturated/α-hetero) is 1. The third kappa shape index (κ3) is 6.63. The number of rotatable bonds is 10. The lowest BCUT2D eigenvalue weighted by atomic mass is 9.68. The van der Waals surface area contributed by atoms with Crippen molar-refractivity contribution in [3.05, 3.63) is 35.4 Å². The fourth-order valence-corrected chi connectivity index (χ4v) is 5.58. The number of carbonyl (C=O) groups is 2. The van der Waals surface area contributed by atoms with E-state index < -0.39 is 5.97 Å². The van der Waals surface area contributed by atoms with Gasteiger partial charge < -0.3 is 16.2 Å². The molecule has 0 bridgehead atoms. The minimum Gasteiger partial charge on any atom is -0.480 e. The SMILES string of the molecule is N=C(N)c1ccc(C[C@@H](C(=O)[C@H]2CCCCC2CNCC(=O)O)C2CCCCC2)cc1. The molecule has 2 fully saturated rings. The molecule has 6 heteroatoms. The van der Waals surface area contributed by atoms with Crippen molar-refractivity contribution in [2.45, 2.75) is 64.2 Å². The third-order valence-electron chi connectivity index (χ3n) is 7.26. The Morgan fingerprint density at radius 2 is 1.68 bits per heavy atom. The van der Waals surface area contributed by atoms with Crippen molar-refractivity contribution >= 4 is 17.6 Å². The van der Waals surface area contributed by atoms with Crippen molar-refractivity contribution in [1.29, 1.82) is 5.41 Å². The Hall–Kier alpha value is -2.21. The summed E-state index contributed by atoms with van der Waals surface area (Å²) in [5.74, 6) is 0.310. The molecule has 1 aromatic carbocycles. The minimum absolute atomic E-state index is 0.0218. The molecule has 3 atom stereocenters. The first kappa shape index (κ1) is 23.5. The first-order chi connectivity index (χ1) is 15.0. The van der Waals surface area contributed by atoms with E-state index >= 15 is 0 Å². The van der Waals surface area contributed by atoms with Gasteiger partial charge in [-0.15, -0.1) is 0 Å². The Bertz CT molecular complexity index is 756. The van der Waals surface area contributed by atoms with Gasteiger partial charge in [-0.25, -0.2) is 0 Å². The standard InChI is InChI=1S/C25H37N3O3/c26-25(27)19-12-10-17(11-13-19)14-22(18-6-2-1-3-7-18)24(31)21-9-5-4-8-20(21)15-28-16-23(29)30/h10-13,18,20-22,28H,1-9,14-16H2,(H3,26,27)(H,29,30)/t20?,21-,22+/m0/s1. The van der Waals surface area contributed by atoms with Gasteiger partial charge in [0, 0.05) is 17.4 Å². The van der Waals surface area contributed by atoms with Crippen molar-refractivity contribution < 1.29 is 14.7 Å². The lowest BCUT2D eigenvalue weighted by Gasteiger charge is -2.37. The fourth-order valence-electron chi connectivity index (χ4n) is 5.58. The number of carboxylic acids is 1. The molecule has 0 saturated heterocycles. The van der Waals surface area contributed by atoms with Crippen molar-refractivity contribution in [2.75, 3.05) is 13.1 Å². The lowest BCUT2D eigenvalue weighted by molar-refractivity contribution is -0.136. The first-order valence-corrected chi connectivity index (χ1v) is 11.8. The molecule has 0 aromatic heterocycles. The number of hydrogen-bond donors (Lipinski definition) is 4. The van der Waals surface area contributed by atoms with Crippen LogP contribution in [0.25, 0.3) is 0 Å². The summed E-state index contributed by atoms with van der Waals surface area (Å²) in [6, 6.07) is 7.76. The molecule has 31 heavy (non-hydrogen) atoms.